The van der Waals surface area contributed by atoms with Crippen molar-refractivity contribution in [2.45, 2.75) is 70.6 Å². The molecule has 1 aromatic heterocycles. The Morgan fingerprint density at radius 1 is 0.852 bits per heavy atom. The predicted octanol–water partition coefficient (Wildman–Crippen LogP) is 2.98. The fraction of sp³-hybridized carbons (Fsp3) is 0.511. The van der Waals surface area contributed by atoms with Gasteiger partial charge in [0.2, 0.25) is 11.8 Å². The number of aryl methyl sites for hydroxylation is 1. The van der Waals surface area contributed by atoms with Crippen LogP contribution in [0.5, 0.6) is 11.5 Å². The molecular weight excluding hydrogens is 781 g/mol. The quantitative estimate of drug-likeness (QED) is 0.289. The zero-order chi connectivity index (χ0) is 43.1. The fourth-order valence-electron chi connectivity index (χ4n) is 9.93. The molecular formula is C45H56N8O8. The maximum absolute atomic E-state index is 13.4. The number of nitrogens with one attached hydrogen (secondary N) is 2. The van der Waals surface area contributed by atoms with Crippen LogP contribution in [0.4, 0.5) is 10.5 Å². The van der Waals surface area contributed by atoms with Gasteiger partial charge in [-0.25, -0.2) is 4.79 Å². The van der Waals surface area contributed by atoms with Crippen LogP contribution in [-0.4, -0.2) is 133 Å². The summed E-state index contributed by atoms with van der Waals surface area (Å²) in [6.45, 7) is 9.25. The molecule has 0 radical (unpaired) electrons. The summed E-state index contributed by atoms with van der Waals surface area (Å²) < 4.78 is 13.6. The number of anilines is 1. The third kappa shape index (κ3) is 8.10. The molecule has 61 heavy (non-hydrogen) atoms. The van der Waals surface area contributed by atoms with E-state index in [9.17, 15) is 28.8 Å². The zero-order valence-electron chi connectivity index (χ0n) is 35.8. The van der Waals surface area contributed by atoms with Gasteiger partial charge in [0.1, 0.15) is 17.5 Å². The van der Waals surface area contributed by atoms with Crippen LogP contribution in [0.25, 0.3) is 11.1 Å². The van der Waals surface area contributed by atoms with Crippen LogP contribution >= 0.6 is 0 Å². The highest BCUT2D eigenvalue weighted by Crippen LogP contribution is 2.39. The summed E-state index contributed by atoms with van der Waals surface area (Å²) in [5.41, 5.74) is 5.81. The normalized spacial score (nSPS) is 21.4. The van der Waals surface area contributed by atoms with Crippen LogP contribution in [0.1, 0.15) is 76.4 Å². The van der Waals surface area contributed by atoms with Gasteiger partial charge in [-0.3, -0.25) is 44.0 Å². The third-order valence-corrected chi connectivity index (χ3v) is 13.4. The molecule has 2 unspecified atom stereocenters. The van der Waals surface area contributed by atoms with E-state index in [1.54, 1.807) is 49.9 Å². The third-order valence-electron chi connectivity index (χ3n) is 13.4. The van der Waals surface area contributed by atoms with Gasteiger partial charge in [-0.2, -0.15) is 0 Å². The molecule has 16 nitrogen and oxygen atoms in total. The lowest BCUT2D eigenvalue weighted by atomic mass is 9.91. The molecule has 2 aromatic carbocycles. The van der Waals surface area contributed by atoms with E-state index in [1.807, 2.05) is 24.4 Å². The highest BCUT2D eigenvalue weighted by molar-refractivity contribution is 6.23. The van der Waals surface area contributed by atoms with Gasteiger partial charge in [-0.05, 0) is 92.9 Å². The molecule has 5 aliphatic rings. The minimum absolute atomic E-state index is 0.0916. The summed E-state index contributed by atoms with van der Waals surface area (Å²) >= 11 is 0. The van der Waals surface area contributed by atoms with Gasteiger partial charge in [-0.15, -0.1) is 0 Å². The van der Waals surface area contributed by atoms with E-state index in [1.165, 1.54) is 0 Å². The lowest BCUT2D eigenvalue weighted by molar-refractivity contribution is -0.136. The Hall–Kier alpha value is -5.74. The molecule has 324 valence electrons. The number of aromatic nitrogens is 1. The maximum Gasteiger partial charge on any atom is 0.317 e. The molecule has 8 rings (SSSR count). The van der Waals surface area contributed by atoms with E-state index < -0.39 is 29.7 Å². The first-order chi connectivity index (χ1) is 29.4. The van der Waals surface area contributed by atoms with E-state index in [0.717, 1.165) is 103 Å². The Kier molecular flexibility index (Phi) is 11.9. The van der Waals surface area contributed by atoms with Crippen molar-refractivity contribution in [2.24, 2.45) is 13.0 Å². The molecule has 0 saturated carbocycles. The number of methoxy groups -OCH3 is 2. The van der Waals surface area contributed by atoms with Crippen molar-refractivity contribution in [3.05, 3.63) is 74.7 Å². The van der Waals surface area contributed by atoms with E-state index in [0.29, 0.717) is 48.2 Å². The van der Waals surface area contributed by atoms with Crippen molar-refractivity contribution >= 4 is 35.3 Å². The first-order valence-electron chi connectivity index (χ1n) is 21.4. The predicted molar refractivity (Wildman–Crippen MR) is 228 cm³/mol. The Labute approximate surface area is 355 Å². The monoisotopic (exact) mass is 836 g/mol. The Balaban J connectivity index is 0.855. The fourth-order valence-corrected chi connectivity index (χ4v) is 9.93. The molecule has 0 spiro atoms. The van der Waals surface area contributed by atoms with E-state index in [-0.39, 0.29) is 31.0 Å². The molecule has 3 aromatic rings. The van der Waals surface area contributed by atoms with Gasteiger partial charge in [0.25, 0.3) is 17.4 Å². The molecule has 16 heteroatoms. The lowest BCUT2D eigenvalue weighted by Gasteiger charge is -2.41. The first kappa shape index (κ1) is 42.0. The van der Waals surface area contributed by atoms with Gasteiger partial charge in [0.05, 0.1) is 37.5 Å². The summed E-state index contributed by atoms with van der Waals surface area (Å²) in [4.78, 5) is 86.3. The number of benzene rings is 2. The lowest BCUT2D eigenvalue weighted by Crippen LogP contribution is -2.54. The van der Waals surface area contributed by atoms with Crippen LogP contribution in [-0.2, 0) is 36.1 Å². The number of carbonyl (C=O) groups excluding carboxylic acids is 5. The molecule has 3 fully saturated rings. The number of urea groups is 1. The number of imide groups is 2. The maximum atomic E-state index is 13.4. The summed E-state index contributed by atoms with van der Waals surface area (Å²) in [5, 5.41) is 4.92. The molecule has 2 atom stereocenters. The number of fused-ring (bicyclic) bond motifs is 2. The van der Waals surface area contributed by atoms with E-state index in [4.69, 9.17) is 9.47 Å². The van der Waals surface area contributed by atoms with Crippen LogP contribution in [0.15, 0.2) is 41.3 Å². The van der Waals surface area contributed by atoms with Crippen LogP contribution < -0.4 is 30.6 Å². The molecule has 6 heterocycles. The Morgan fingerprint density at radius 3 is 2.25 bits per heavy atom. The minimum Gasteiger partial charge on any atom is -0.496 e. The Bertz CT molecular complexity index is 2290. The number of rotatable bonds is 10. The number of hydrogen-bond acceptors (Lipinski definition) is 11. The average molecular weight is 837 g/mol. The summed E-state index contributed by atoms with van der Waals surface area (Å²) in [6, 6.07) is 8.64. The Morgan fingerprint density at radius 2 is 1.57 bits per heavy atom. The summed E-state index contributed by atoms with van der Waals surface area (Å²) in [6.07, 6.45) is 5.85. The number of pyridine rings is 1. The van der Waals surface area contributed by atoms with Crippen molar-refractivity contribution in [2.75, 3.05) is 72.0 Å². The van der Waals surface area contributed by atoms with Gasteiger partial charge >= 0.3 is 6.03 Å². The molecule has 0 bridgehead atoms. The molecule has 2 N–H and O–H groups in total. The van der Waals surface area contributed by atoms with Crippen molar-refractivity contribution in [1.82, 2.24) is 34.8 Å². The van der Waals surface area contributed by atoms with Crippen LogP contribution in [0.2, 0.25) is 0 Å². The van der Waals surface area contributed by atoms with Crippen molar-refractivity contribution < 1.29 is 33.4 Å². The highest BCUT2D eigenvalue weighted by Gasteiger charge is 2.45. The van der Waals surface area contributed by atoms with Gasteiger partial charge in [-0.1, -0.05) is 0 Å². The van der Waals surface area contributed by atoms with Gasteiger partial charge < -0.3 is 29.2 Å². The molecule has 0 aliphatic carbocycles. The number of piperazine rings is 1. The topological polar surface area (TPSA) is 166 Å². The van der Waals surface area contributed by atoms with Crippen LogP contribution in [0.3, 0.4) is 0 Å². The van der Waals surface area contributed by atoms with Crippen molar-refractivity contribution in [1.29, 1.82) is 0 Å². The highest BCUT2D eigenvalue weighted by atomic mass is 16.5. The number of piperidine rings is 2. The van der Waals surface area contributed by atoms with Crippen molar-refractivity contribution in [3.63, 3.8) is 0 Å². The number of ether oxygens (including phenoxy) is 2. The SMILES string of the molecule is CNC(=O)N1CCc2c(-c3cc(OC)c(CN4CCN(CCC5CCN(c6ccc7c(c6)C(=O)N(C6CCC(=O)NC6=O)C7=O)CC5)C(C)C4)c(OC)c3)cn(C)c(=O)c2C1. The first-order valence-corrected chi connectivity index (χ1v) is 21.4. The second-order valence-corrected chi connectivity index (χ2v) is 17.0. The second kappa shape index (κ2) is 17.3. The van der Waals surface area contributed by atoms with Gasteiger partial charge in [0.15, 0.2) is 0 Å². The number of amides is 6. The largest absolute Gasteiger partial charge is 0.496 e. The van der Waals surface area contributed by atoms with Gasteiger partial charge in [0, 0.05) is 95.4 Å². The number of carbonyl (C=O) groups is 5. The zero-order valence-corrected chi connectivity index (χ0v) is 35.8. The second-order valence-electron chi connectivity index (χ2n) is 17.0. The summed E-state index contributed by atoms with van der Waals surface area (Å²) in [7, 11) is 6.70. The van der Waals surface area contributed by atoms with E-state index in [2.05, 4.69) is 32.3 Å². The minimum atomic E-state index is -0.974. The van der Waals surface area contributed by atoms with Crippen molar-refractivity contribution in [3.8, 4) is 22.6 Å². The summed E-state index contributed by atoms with van der Waals surface area (Å²) in [5.74, 6) is 0.0850. The van der Waals surface area contributed by atoms with E-state index >= 15 is 0 Å². The molecule has 6 amide bonds. The smallest absolute Gasteiger partial charge is 0.317 e. The molecule has 5 aliphatic heterocycles. The molecule has 3 saturated heterocycles. The number of nitrogens with zero attached hydrogens (tertiary/aromatic N) is 6. The average Bonchev–Trinajstić information content (AvgIpc) is 3.51. The number of hydrogen-bond donors (Lipinski definition) is 2. The van der Waals surface area contributed by atoms with Crippen LogP contribution in [0, 0.1) is 5.92 Å². The standard InChI is InChI=1S/C45H56N8O8/c1-27-23-49(25-36-38(60-4)20-29(21-39(36)61-5)34-24-48(3)42(56)35-26-52(45(59)46-2)17-13-31(34)35)18-19-50(27)14-10-28-11-15-51(16-12-28)30-6-7-32-33(22-30)44(58)53(43(32)57)37-8-9-40(54)47-41(37)55/h6-7,20-22,24,27-28,37H,8-19,23,25-26H2,1-5H3,(H,46,59)(H,47,54,55).